The fourth-order valence-electron chi connectivity index (χ4n) is 3.36. The number of hydrogen-bond donors (Lipinski definition) is 0. The van der Waals surface area contributed by atoms with Crippen molar-refractivity contribution >= 4 is 11.9 Å². The molecule has 180 valence electrons. The molecule has 1 aromatic rings. The Morgan fingerprint density at radius 3 is 2.19 bits per heavy atom. The molecule has 0 aromatic heterocycles. The lowest BCUT2D eigenvalue weighted by atomic mass is 10.1. The van der Waals surface area contributed by atoms with E-state index >= 15 is 0 Å². The van der Waals surface area contributed by atoms with Crippen LogP contribution in [-0.2, 0) is 19.0 Å². The number of unbranched alkanes of at least 4 members (excludes halogenated alkanes) is 9. The Kier molecular flexibility index (Phi) is 11.7. The number of carbonyl (C=O) groups excluding carboxylic acids is 2. The van der Waals surface area contributed by atoms with Crippen LogP contribution in [0.5, 0.6) is 17.2 Å². The van der Waals surface area contributed by atoms with Gasteiger partial charge < -0.3 is 28.4 Å². The molecule has 1 aromatic carbocycles. The summed E-state index contributed by atoms with van der Waals surface area (Å²) in [4.78, 5) is 23.9. The van der Waals surface area contributed by atoms with Crippen molar-refractivity contribution in [2.75, 3.05) is 27.4 Å². The second-order valence-electron chi connectivity index (χ2n) is 7.74. The summed E-state index contributed by atoms with van der Waals surface area (Å²) in [6.45, 7) is 1.29. The monoisotopic (exact) mass is 452 g/mol. The van der Waals surface area contributed by atoms with Crippen molar-refractivity contribution < 1.29 is 38.0 Å². The fourth-order valence-corrected chi connectivity index (χ4v) is 3.36. The SMILES string of the molecule is CCCCCCCCCCCCOC(=O)c1cc(OCC(=O)OC)c2c(c1)OC(OC)O2. The normalized spacial score (nSPS) is 14.3. The number of ether oxygens (including phenoxy) is 6. The molecule has 1 heterocycles. The quantitative estimate of drug-likeness (QED) is 0.255. The van der Waals surface area contributed by atoms with Gasteiger partial charge in [0.2, 0.25) is 5.75 Å². The van der Waals surface area contributed by atoms with Crippen molar-refractivity contribution in [2.45, 2.75) is 77.6 Å². The third-order valence-electron chi connectivity index (χ3n) is 5.19. The van der Waals surface area contributed by atoms with Gasteiger partial charge in [0.15, 0.2) is 18.1 Å². The van der Waals surface area contributed by atoms with Crippen LogP contribution >= 0.6 is 0 Å². The summed E-state index contributed by atoms with van der Waals surface area (Å²) in [7, 11) is 2.69. The van der Waals surface area contributed by atoms with E-state index in [0.717, 1.165) is 19.3 Å². The second-order valence-corrected chi connectivity index (χ2v) is 7.74. The third kappa shape index (κ3) is 8.57. The summed E-state index contributed by atoms with van der Waals surface area (Å²) < 4.78 is 31.4. The number of methoxy groups -OCH3 is 2. The molecule has 0 N–H and O–H groups in total. The van der Waals surface area contributed by atoms with Gasteiger partial charge in [-0.25, -0.2) is 9.59 Å². The molecule has 0 aliphatic carbocycles. The number of hydrogen-bond acceptors (Lipinski definition) is 8. The highest BCUT2D eigenvalue weighted by atomic mass is 16.9. The molecule has 0 spiro atoms. The van der Waals surface area contributed by atoms with E-state index in [2.05, 4.69) is 11.7 Å². The number of carbonyl (C=O) groups is 2. The van der Waals surface area contributed by atoms with Gasteiger partial charge in [-0.2, -0.15) is 0 Å². The number of fused-ring (bicyclic) bond motifs is 1. The zero-order chi connectivity index (χ0) is 23.2. The molecule has 0 radical (unpaired) electrons. The Balaban J connectivity index is 1.77. The minimum atomic E-state index is -0.955. The Labute approximate surface area is 190 Å². The highest BCUT2D eigenvalue weighted by Crippen LogP contribution is 2.44. The Morgan fingerprint density at radius 2 is 1.56 bits per heavy atom. The van der Waals surface area contributed by atoms with E-state index in [9.17, 15) is 9.59 Å². The van der Waals surface area contributed by atoms with Crippen molar-refractivity contribution in [2.24, 2.45) is 0 Å². The van der Waals surface area contributed by atoms with Crippen LogP contribution in [0.2, 0.25) is 0 Å². The summed E-state index contributed by atoms with van der Waals surface area (Å²) in [5.41, 5.74) is 0.246. The number of esters is 2. The molecule has 8 heteroatoms. The second kappa shape index (κ2) is 14.6. The van der Waals surface area contributed by atoms with Crippen molar-refractivity contribution in [3.05, 3.63) is 17.7 Å². The summed E-state index contributed by atoms with van der Waals surface area (Å²) in [6, 6.07) is 2.98. The molecule has 0 fully saturated rings. The van der Waals surface area contributed by atoms with E-state index in [1.807, 2.05) is 0 Å². The number of benzene rings is 1. The van der Waals surface area contributed by atoms with E-state index in [0.29, 0.717) is 6.61 Å². The number of rotatable bonds is 16. The average Bonchev–Trinajstić information content (AvgIpc) is 3.24. The van der Waals surface area contributed by atoms with Gasteiger partial charge in [0.25, 0.3) is 0 Å². The molecule has 2 rings (SSSR count). The molecule has 1 aliphatic rings. The maximum atomic E-state index is 12.5. The topological polar surface area (TPSA) is 89.5 Å². The molecule has 0 bridgehead atoms. The van der Waals surface area contributed by atoms with Crippen molar-refractivity contribution in [1.82, 2.24) is 0 Å². The highest BCUT2D eigenvalue weighted by molar-refractivity contribution is 5.91. The molecule has 8 nitrogen and oxygen atoms in total. The summed E-state index contributed by atoms with van der Waals surface area (Å²) in [6.07, 6.45) is 12.1. The van der Waals surface area contributed by atoms with Crippen molar-refractivity contribution in [3.8, 4) is 17.2 Å². The Bertz CT molecular complexity index is 718. The van der Waals surface area contributed by atoms with Gasteiger partial charge in [0.1, 0.15) is 0 Å². The van der Waals surface area contributed by atoms with Gasteiger partial charge in [-0.15, -0.1) is 0 Å². The van der Waals surface area contributed by atoms with Crippen LogP contribution in [0.25, 0.3) is 0 Å². The van der Waals surface area contributed by atoms with Crippen molar-refractivity contribution in [3.63, 3.8) is 0 Å². The van der Waals surface area contributed by atoms with Crippen LogP contribution in [0.3, 0.4) is 0 Å². The molecular weight excluding hydrogens is 416 g/mol. The molecule has 0 saturated carbocycles. The molecule has 1 unspecified atom stereocenters. The third-order valence-corrected chi connectivity index (χ3v) is 5.19. The maximum absolute atomic E-state index is 12.5. The van der Waals surface area contributed by atoms with Crippen LogP contribution in [0.15, 0.2) is 12.1 Å². The van der Waals surface area contributed by atoms with E-state index in [4.69, 9.17) is 23.7 Å². The highest BCUT2D eigenvalue weighted by Gasteiger charge is 2.30. The fraction of sp³-hybridized carbons (Fsp3) is 0.667. The minimum absolute atomic E-state index is 0.179. The summed E-state index contributed by atoms with van der Waals surface area (Å²) >= 11 is 0. The first-order chi connectivity index (χ1) is 15.6. The lowest BCUT2D eigenvalue weighted by molar-refractivity contribution is -0.158. The molecule has 0 saturated heterocycles. The molecule has 1 aliphatic heterocycles. The van der Waals surface area contributed by atoms with Crippen LogP contribution in [-0.4, -0.2) is 45.8 Å². The van der Waals surface area contributed by atoms with E-state index in [1.54, 1.807) is 0 Å². The molecule has 32 heavy (non-hydrogen) atoms. The van der Waals surface area contributed by atoms with Crippen LogP contribution in [0.4, 0.5) is 0 Å². The predicted octanol–water partition coefficient (Wildman–Crippen LogP) is 5.02. The van der Waals surface area contributed by atoms with Crippen LogP contribution < -0.4 is 14.2 Å². The van der Waals surface area contributed by atoms with E-state index in [1.165, 1.54) is 71.3 Å². The molecule has 1 atom stereocenters. The standard InChI is InChI=1S/C24H36O8/c1-4-5-6-7-8-9-10-11-12-13-14-29-23(26)18-15-19(30-17-21(25)27-2)22-20(16-18)31-24(28-3)32-22/h15-16,24H,4-14,17H2,1-3H3. The van der Waals surface area contributed by atoms with Gasteiger partial charge in [-0.1, -0.05) is 64.7 Å². The Morgan fingerprint density at radius 1 is 0.906 bits per heavy atom. The van der Waals surface area contributed by atoms with Crippen LogP contribution in [0.1, 0.15) is 81.5 Å². The molecular formula is C24H36O8. The lowest BCUT2D eigenvalue weighted by Crippen LogP contribution is -2.19. The van der Waals surface area contributed by atoms with Crippen LogP contribution in [0, 0.1) is 0 Å². The first-order valence-corrected chi connectivity index (χ1v) is 11.5. The van der Waals surface area contributed by atoms with Gasteiger partial charge in [-0.05, 0) is 18.6 Å². The van der Waals surface area contributed by atoms with E-state index < -0.39 is 18.4 Å². The predicted molar refractivity (Wildman–Crippen MR) is 118 cm³/mol. The largest absolute Gasteiger partial charge is 0.478 e. The summed E-state index contributed by atoms with van der Waals surface area (Å²) in [5, 5.41) is 0. The van der Waals surface area contributed by atoms with Gasteiger partial charge >= 0.3 is 18.4 Å². The van der Waals surface area contributed by atoms with Gasteiger partial charge in [-0.3, -0.25) is 0 Å². The van der Waals surface area contributed by atoms with Crippen molar-refractivity contribution in [1.29, 1.82) is 0 Å². The smallest absolute Gasteiger partial charge is 0.361 e. The Hall–Kier alpha value is -2.48. The van der Waals surface area contributed by atoms with E-state index in [-0.39, 0.29) is 29.4 Å². The minimum Gasteiger partial charge on any atom is -0.478 e. The average molecular weight is 453 g/mol. The van der Waals surface area contributed by atoms with Gasteiger partial charge in [0.05, 0.1) is 19.3 Å². The van der Waals surface area contributed by atoms with Gasteiger partial charge in [0, 0.05) is 7.11 Å². The maximum Gasteiger partial charge on any atom is 0.361 e. The zero-order valence-electron chi connectivity index (χ0n) is 19.5. The zero-order valence-corrected chi connectivity index (χ0v) is 19.5. The molecule has 0 amide bonds. The summed E-state index contributed by atoms with van der Waals surface area (Å²) in [5.74, 6) is -0.332. The first-order valence-electron chi connectivity index (χ1n) is 11.5. The lowest BCUT2D eigenvalue weighted by Gasteiger charge is -2.10. The first kappa shape index (κ1) is 25.8.